The molecule has 5 heteroatoms. The van der Waals surface area contributed by atoms with Crippen molar-refractivity contribution in [2.75, 3.05) is 19.2 Å². The van der Waals surface area contributed by atoms with E-state index in [1.54, 1.807) is 6.66 Å². The molecule has 0 aromatic rings. The smallest absolute Gasteiger partial charge is 0.373 e. The summed E-state index contributed by atoms with van der Waals surface area (Å²) in [5, 5.41) is 8.76. The molecule has 0 aromatic heterocycles. The quantitative estimate of drug-likeness (QED) is 0.734. The lowest BCUT2D eigenvalue weighted by atomic mass is 10.0. The molecule has 0 rings (SSSR count). The van der Waals surface area contributed by atoms with Gasteiger partial charge in [-0.15, -0.1) is 0 Å². The third kappa shape index (κ3) is 9.66. The van der Waals surface area contributed by atoms with E-state index < -0.39 is 7.14 Å². The second-order valence-electron chi connectivity index (χ2n) is 3.93. The molecule has 1 N–H and O–H groups in total. The van der Waals surface area contributed by atoms with Gasteiger partial charge in [-0.3, -0.25) is 0 Å². The van der Waals surface area contributed by atoms with Crippen molar-refractivity contribution in [3.8, 4) is 0 Å². The summed E-state index contributed by atoms with van der Waals surface area (Å²) in [5.74, 6) is 0.993. The van der Waals surface area contributed by atoms with E-state index in [0.717, 1.165) is 0 Å². The van der Waals surface area contributed by atoms with Crippen molar-refractivity contribution in [1.29, 1.82) is 0 Å². The van der Waals surface area contributed by atoms with Crippen LogP contribution < -0.4 is 0 Å². The Bertz CT molecular complexity index is 219. The largest absolute Gasteiger partial charge is 0.389 e. The van der Waals surface area contributed by atoms with Crippen LogP contribution in [0.5, 0.6) is 0 Å². The molecule has 0 aromatic carbocycles. The fourth-order valence-electron chi connectivity index (χ4n) is 0.878. The van der Waals surface area contributed by atoms with Crippen LogP contribution in [-0.2, 0) is 14.2 Å². The summed E-state index contributed by atoms with van der Waals surface area (Å²) in [6.45, 7) is 7.98. The average molecular weight is 222 g/mol. The molecule has 0 aliphatic heterocycles. The van der Waals surface area contributed by atoms with E-state index in [1.165, 1.54) is 0 Å². The first-order valence-electron chi connectivity index (χ1n) is 4.46. The molecule has 4 nitrogen and oxygen atoms in total. The molecule has 0 fully saturated rings. The maximum Gasteiger partial charge on any atom is 0.373 e. The zero-order chi connectivity index (χ0) is 11.8. The fraction of sp³-hybridized carbons (Fsp3) is 0.889. The van der Waals surface area contributed by atoms with Gasteiger partial charge in [0, 0.05) is 6.16 Å². The van der Waals surface area contributed by atoms with Gasteiger partial charge in [0.25, 0.3) is 0 Å². The SMILES string of the molecule is CC(C)C(C)CP(C)(=O)CO.O=C=O. The number of rotatable bonds is 4. The lowest BCUT2D eigenvalue weighted by molar-refractivity contribution is -0.191. The van der Waals surface area contributed by atoms with Gasteiger partial charge in [-0.05, 0) is 18.5 Å². The lowest BCUT2D eigenvalue weighted by Gasteiger charge is -2.18. The number of hydrogen-bond acceptors (Lipinski definition) is 4. The van der Waals surface area contributed by atoms with Crippen molar-refractivity contribution in [2.24, 2.45) is 11.8 Å². The molecule has 2 atom stereocenters. The van der Waals surface area contributed by atoms with E-state index in [4.69, 9.17) is 14.7 Å². The minimum Gasteiger partial charge on any atom is -0.389 e. The van der Waals surface area contributed by atoms with E-state index in [0.29, 0.717) is 18.0 Å². The van der Waals surface area contributed by atoms with Crippen molar-refractivity contribution < 1.29 is 19.3 Å². The molecule has 2 unspecified atom stereocenters. The van der Waals surface area contributed by atoms with Gasteiger partial charge in [0.2, 0.25) is 0 Å². The summed E-state index contributed by atoms with van der Waals surface area (Å²) in [7, 11) is -2.23. The minimum atomic E-state index is -2.23. The molecule has 0 heterocycles. The minimum absolute atomic E-state index is 0.149. The Morgan fingerprint density at radius 1 is 1.29 bits per heavy atom. The van der Waals surface area contributed by atoms with E-state index >= 15 is 0 Å². The predicted molar refractivity (Wildman–Crippen MR) is 54.5 cm³/mol. The van der Waals surface area contributed by atoms with Gasteiger partial charge < -0.3 is 9.67 Å². The summed E-state index contributed by atoms with van der Waals surface area (Å²) >= 11 is 0. The van der Waals surface area contributed by atoms with Gasteiger partial charge in [-0.1, -0.05) is 20.8 Å². The number of aliphatic hydroxyl groups excluding tert-OH is 1. The molecular weight excluding hydrogens is 203 g/mol. The maximum absolute atomic E-state index is 11.4. The summed E-state index contributed by atoms with van der Waals surface area (Å²) in [6.07, 6.45) is 0.769. The Hall–Kier alpha value is -0.430. The van der Waals surface area contributed by atoms with Crippen LogP contribution in [0.1, 0.15) is 20.8 Å². The topological polar surface area (TPSA) is 71.4 Å². The van der Waals surface area contributed by atoms with E-state index in [-0.39, 0.29) is 12.5 Å². The van der Waals surface area contributed by atoms with Crippen LogP contribution in [-0.4, -0.2) is 30.4 Å². The van der Waals surface area contributed by atoms with Crippen molar-refractivity contribution in [1.82, 2.24) is 0 Å². The van der Waals surface area contributed by atoms with Gasteiger partial charge in [0.1, 0.15) is 7.14 Å². The van der Waals surface area contributed by atoms with E-state index in [9.17, 15) is 4.57 Å². The van der Waals surface area contributed by atoms with Crippen molar-refractivity contribution >= 4 is 13.3 Å². The van der Waals surface area contributed by atoms with E-state index in [1.807, 2.05) is 0 Å². The summed E-state index contributed by atoms with van der Waals surface area (Å²) in [4.78, 5) is 16.2. The molecule has 0 amide bonds. The van der Waals surface area contributed by atoms with Crippen LogP contribution in [0.25, 0.3) is 0 Å². The van der Waals surface area contributed by atoms with Crippen LogP contribution in [0.4, 0.5) is 0 Å². The highest BCUT2D eigenvalue weighted by Crippen LogP contribution is 2.42. The highest BCUT2D eigenvalue weighted by Gasteiger charge is 2.19. The molecule has 0 saturated carbocycles. The first-order chi connectivity index (χ1) is 6.30. The molecular formula is C9H19O4P. The second kappa shape index (κ2) is 7.93. The van der Waals surface area contributed by atoms with Gasteiger partial charge in [0.15, 0.2) is 0 Å². The first-order valence-corrected chi connectivity index (χ1v) is 6.98. The Morgan fingerprint density at radius 3 is 1.86 bits per heavy atom. The Labute approximate surface area is 85.1 Å². The predicted octanol–water partition coefficient (Wildman–Crippen LogP) is 1.64. The zero-order valence-electron chi connectivity index (χ0n) is 9.19. The number of aliphatic hydroxyl groups is 1. The van der Waals surface area contributed by atoms with Gasteiger partial charge in [-0.25, -0.2) is 0 Å². The molecule has 0 aliphatic carbocycles. The van der Waals surface area contributed by atoms with Gasteiger partial charge in [-0.2, -0.15) is 9.59 Å². The Balaban J connectivity index is 0. The van der Waals surface area contributed by atoms with Crippen molar-refractivity contribution in [3.63, 3.8) is 0 Å². The second-order valence-corrected chi connectivity index (χ2v) is 7.17. The molecule has 0 radical (unpaired) electrons. The standard InChI is InChI=1S/C8H19O2P.CO2/c1-7(2)8(3)5-11(4,10)6-9;2-1-3/h7-9H,5-6H2,1-4H3;. The van der Waals surface area contributed by atoms with Crippen molar-refractivity contribution in [3.05, 3.63) is 0 Å². The molecule has 0 bridgehead atoms. The van der Waals surface area contributed by atoms with Gasteiger partial charge in [0.05, 0.1) is 6.35 Å². The number of hydrogen-bond donors (Lipinski definition) is 1. The zero-order valence-corrected chi connectivity index (χ0v) is 10.1. The molecule has 14 heavy (non-hydrogen) atoms. The first kappa shape index (κ1) is 16.0. The summed E-state index contributed by atoms with van der Waals surface area (Å²) in [5.41, 5.74) is 0. The fourth-order valence-corrected chi connectivity index (χ4v) is 2.63. The van der Waals surface area contributed by atoms with Crippen LogP contribution in [0.3, 0.4) is 0 Å². The summed E-state index contributed by atoms with van der Waals surface area (Å²) < 4.78 is 11.4. The number of carbonyl (C=O) groups excluding carboxylic acids is 2. The monoisotopic (exact) mass is 222 g/mol. The molecule has 0 saturated heterocycles. The highest BCUT2D eigenvalue weighted by molar-refractivity contribution is 7.62. The van der Waals surface area contributed by atoms with Crippen LogP contribution in [0.15, 0.2) is 0 Å². The van der Waals surface area contributed by atoms with E-state index in [2.05, 4.69) is 20.8 Å². The Morgan fingerprint density at radius 2 is 1.64 bits per heavy atom. The highest BCUT2D eigenvalue weighted by atomic mass is 31.2. The van der Waals surface area contributed by atoms with Crippen LogP contribution >= 0.6 is 7.14 Å². The molecule has 84 valence electrons. The molecule has 0 spiro atoms. The summed E-state index contributed by atoms with van der Waals surface area (Å²) in [6, 6.07) is 0. The Kier molecular flexibility index (Phi) is 9.07. The van der Waals surface area contributed by atoms with Gasteiger partial charge >= 0.3 is 6.15 Å². The van der Waals surface area contributed by atoms with Crippen LogP contribution in [0, 0.1) is 11.8 Å². The average Bonchev–Trinajstić information content (AvgIpc) is 2.05. The third-order valence-electron chi connectivity index (χ3n) is 2.11. The lowest BCUT2D eigenvalue weighted by Crippen LogP contribution is -2.10. The third-order valence-corrected chi connectivity index (χ3v) is 4.06. The van der Waals surface area contributed by atoms with Crippen molar-refractivity contribution in [2.45, 2.75) is 20.8 Å². The maximum atomic E-state index is 11.4. The normalized spacial score (nSPS) is 16.1. The molecule has 0 aliphatic rings. The van der Waals surface area contributed by atoms with Crippen LogP contribution in [0.2, 0.25) is 0 Å².